The van der Waals surface area contributed by atoms with E-state index in [2.05, 4.69) is 10.7 Å². The molecule has 1 aliphatic heterocycles. The Bertz CT molecular complexity index is 436. The van der Waals surface area contributed by atoms with Gasteiger partial charge >= 0.3 is 0 Å². The summed E-state index contributed by atoms with van der Waals surface area (Å²) >= 11 is 0. The minimum Gasteiger partial charge on any atom is -0.370 e. The molecule has 0 atom stereocenters. The van der Waals surface area contributed by atoms with Gasteiger partial charge in [0.25, 0.3) is 5.91 Å². The molecule has 72 valence electrons. The van der Waals surface area contributed by atoms with Gasteiger partial charge in [0.1, 0.15) is 0 Å². The van der Waals surface area contributed by atoms with Crippen LogP contribution in [0.3, 0.4) is 0 Å². The summed E-state index contributed by atoms with van der Waals surface area (Å²) < 4.78 is 0. The van der Waals surface area contributed by atoms with Crippen LogP contribution in [0.1, 0.15) is 6.92 Å². The summed E-state index contributed by atoms with van der Waals surface area (Å²) in [7, 11) is 0. The molecule has 0 bridgehead atoms. The van der Waals surface area contributed by atoms with E-state index in [1.807, 2.05) is 24.3 Å². The lowest BCUT2D eigenvalue weighted by molar-refractivity contribution is -0.116. The maximum Gasteiger partial charge on any atom is 0.270 e. The van der Waals surface area contributed by atoms with Crippen molar-refractivity contribution in [3.63, 3.8) is 0 Å². The second-order valence-corrected chi connectivity index (χ2v) is 2.76. The summed E-state index contributed by atoms with van der Waals surface area (Å²) in [5.41, 5.74) is 4.47. The van der Waals surface area contributed by atoms with Gasteiger partial charge in [-0.1, -0.05) is 18.2 Å². The van der Waals surface area contributed by atoms with Crippen molar-refractivity contribution in [2.75, 3.05) is 0 Å². The number of fused-ring (bicyclic) bond motifs is 1. The molecular weight excluding hydrogens is 180 g/mol. The number of hydrogen-bond acceptors (Lipinski definition) is 2. The first-order valence-corrected chi connectivity index (χ1v) is 4.05. The lowest BCUT2D eigenvalue weighted by Gasteiger charge is -1.77. The zero-order chi connectivity index (χ0) is 10.6. The maximum absolute atomic E-state index is 10.7. The molecule has 4 nitrogen and oxygen atoms in total. The Kier molecular flexibility index (Phi) is 3.12. The first-order chi connectivity index (χ1) is 6.59. The molecule has 0 radical (unpaired) electrons. The second-order valence-electron chi connectivity index (χ2n) is 2.76. The number of amides is 2. The monoisotopic (exact) mass is 190 g/mol. The van der Waals surface area contributed by atoms with Crippen molar-refractivity contribution in [3.05, 3.63) is 34.8 Å². The number of nitrogens with two attached hydrogens (primary N) is 1. The first-order valence-electron chi connectivity index (χ1n) is 4.05. The van der Waals surface area contributed by atoms with Gasteiger partial charge in [-0.2, -0.15) is 0 Å². The quantitative estimate of drug-likeness (QED) is 0.577. The average molecular weight is 190 g/mol. The van der Waals surface area contributed by atoms with Crippen molar-refractivity contribution in [3.8, 4) is 0 Å². The summed E-state index contributed by atoms with van der Waals surface area (Å²) in [5.74, 6) is -0.485. The minimum absolute atomic E-state index is 0.152. The van der Waals surface area contributed by atoms with Crippen LogP contribution < -0.4 is 16.3 Å². The molecule has 14 heavy (non-hydrogen) atoms. The highest BCUT2D eigenvalue weighted by Crippen LogP contribution is 1.81. The van der Waals surface area contributed by atoms with Gasteiger partial charge in [0.2, 0.25) is 5.91 Å². The van der Waals surface area contributed by atoms with E-state index >= 15 is 0 Å². The number of hydrogen-bond donors (Lipinski definition) is 1. The Morgan fingerprint density at radius 3 is 2.50 bits per heavy atom. The average Bonchev–Trinajstić information content (AvgIpc) is 2.42. The Balaban J connectivity index is 0.000000213. The summed E-state index contributed by atoms with van der Waals surface area (Å²) in [6.45, 7) is 1.31. The van der Waals surface area contributed by atoms with Gasteiger partial charge in [-0.05, 0) is 6.07 Å². The van der Waals surface area contributed by atoms with Crippen LogP contribution in [0.15, 0.2) is 29.3 Å². The van der Waals surface area contributed by atoms with Gasteiger partial charge in [-0.15, -0.1) is 0 Å². The van der Waals surface area contributed by atoms with E-state index < -0.39 is 0 Å². The third-order valence-corrected chi connectivity index (χ3v) is 1.45. The van der Waals surface area contributed by atoms with E-state index in [4.69, 9.17) is 0 Å². The van der Waals surface area contributed by atoms with Crippen LogP contribution in [0, 0.1) is 0 Å². The van der Waals surface area contributed by atoms with Crippen molar-refractivity contribution < 1.29 is 9.59 Å². The van der Waals surface area contributed by atoms with E-state index in [9.17, 15) is 9.59 Å². The molecule has 2 N–H and O–H groups in total. The van der Waals surface area contributed by atoms with Crippen LogP contribution in [0.4, 0.5) is 0 Å². The maximum atomic E-state index is 10.7. The van der Waals surface area contributed by atoms with E-state index in [1.165, 1.54) is 13.0 Å². The van der Waals surface area contributed by atoms with Crippen LogP contribution in [-0.4, -0.2) is 11.8 Å². The Hall–Kier alpha value is -1.97. The zero-order valence-electron chi connectivity index (χ0n) is 7.73. The van der Waals surface area contributed by atoms with Gasteiger partial charge in [0, 0.05) is 18.2 Å². The third kappa shape index (κ3) is 2.82. The summed E-state index contributed by atoms with van der Waals surface area (Å²) in [4.78, 5) is 23.7. The van der Waals surface area contributed by atoms with Crippen LogP contribution in [-0.2, 0) is 9.59 Å². The molecule has 0 aliphatic carbocycles. The van der Waals surface area contributed by atoms with Crippen molar-refractivity contribution in [1.29, 1.82) is 0 Å². The normalized spacial score (nSPS) is 11.6. The fraction of sp³-hybridized carbons (Fsp3) is 0.100. The number of para-hydroxylation sites is 1. The molecule has 0 fully saturated rings. The number of primary amides is 1. The molecule has 0 unspecified atom stereocenters. The standard InChI is InChI=1S/C8H5NO.C2H5NO/c10-8-5-6-3-1-2-4-7(6)9-8;1-2(3)4/h1-5H;1H3,(H2,3,4). The van der Waals surface area contributed by atoms with Gasteiger partial charge in [-0.3, -0.25) is 9.59 Å². The molecule has 0 saturated heterocycles. The van der Waals surface area contributed by atoms with E-state index in [-0.39, 0.29) is 11.8 Å². The summed E-state index contributed by atoms with van der Waals surface area (Å²) in [5, 5.41) is 1.71. The van der Waals surface area contributed by atoms with Crippen LogP contribution >= 0.6 is 0 Å². The number of benzene rings is 1. The number of carbonyl (C=O) groups is 2. The van der Waals surface area contributed by atoms with E-state index in [0.717, 1.165) is 10.6 Å². The third-order valence-electron chi connectivity index (χ3n) is 1.45. The van der Waals surface area contributed by atoms with Gasteiger partial charge in [0.05, 0.1) is 5.36 Å². The molecule has 1 aromatic rings. The molecule has 0 spiro atoms. The molecule has 0 aromatic heterocycles. The molecule has 2 rings (SSSR count). The highest BCUT2D eigenvalue weighted by molar-refractivity contribution is 6.06. The fourth-order valence-corrected chi connectivity index (χ4v) is 0.995. The molecular formula is C10H10N2O2. The molecule has 1 heterocycles. The van der Waals surface area contributed by atoms with Gasteiger partial charge in [-0.25, -0.2) is 4.99 Å². The van der Waals surface area contributed by atoms with E-state index in [1.54, 1.807) is 0 Å². The predicted octanol–water partition coefficient (Wildman–Crippen LogP) is -0.881. The molecule has 0 saturated carbocycles. The number of rotatable bonds is 0. The van der Waals surface area contributed by atoms with Crippen molar-refractivity contribution in [1.82, 2.24) is 0 Å². The van der Waals surface area contributed by atoms with Crippen LogP contribution in [0.2, 0.25) is 0 Å². The molecule has 4 heteroatoms. The largest absolute Gasteiger partial charge is 0.370 e. The van der Waals surface area contributed by atoms with Gasteiger partial charge in [0.15, 0.2) is 0 Å². The highest BCUT2D eigenvalue weighted by Gasteiger charge is 1.99. The Morgan fingerprint density at radius 2 is 1.93 bits per heavy atom. The Labute approximate surface area is 80.8 Å². The first kappa shape index (κ1) is 10.1. The lowest BCUT2D eigenvalue weighted by atomic mass is 10.3. The fourth-order valence-electron chi connectivity index (χ4n) is 0.995. The van der Waals surface area contributed by atoms with E-state index in [0.29, 0.717) is 0 Å². The van der Waals surface area contributed by atoms with Crippen molar-refractivity contribution in [2.24, 2.45) is 10.7 Å². The van der Waals surface area contributed by atoms with Crippen molar-refractivity contribution >= 4 is 17.9 Å². The number of nitrogens with zero attached hydrogens (tertiary/aromatic N) is 1. The second kappa shape index (κ2) is 4.32. The summed E-state index contributed by atoms with van der Waals surface area (Å²) in [6, 6.07) is 7.47. The zero-order valence-corrected chi connectivity index (χ0v) is 7.73. The smallest absolute Gasteiger partial charge is 0.270 e. The lowest BCUT2D eigenvalue weighted by Crippen LogP contribution is -2.19. The van der Waals surface area contributed by atoms with Crippen molar-refractivity contribution in [2.45, 2.75) is 6.92 Å². The number of carbonyl (C=O) groups excluding carboxylic acids is 2. The molecule has 2 amide bonds. The molecule has 1 aliphatic rings. The minimum atomic E-state index is -0.333. The SMILES string of the molecule is CC(N)=O.O=C1C=c2ccccc2=N1. The topological polar surface area (TPSA) is 72.5 Å². The van der Waals surface area contributed by atoms with Crippen LogP contribution in [0.25, 0.3) is 6.08 Å². The van der Waals surface area contributed by atoms with Gasteiger partial charge < -0.3 is 5.73 Å². The summed E-state index contributed by atoms with van der Waals surface area (Å²) in [6.07, 6.45) is 1.54. The van der Waals surface area contributed by atoms with Crippen LogP contribution in [0.5, 0.6) is 0 Å². The molecule has 1 aromatic carbocycles. The Morgan fingerprint density at radius 1 is 1.36 bits per heavy atom. The highest BCUT2D eigenvalue weighted by atomic mass is 16.1. The predicted molar refractivity (Wildman–Crippen MR) is 51.6 cm³/mol.